The molecule has 2 amide bonds. The predicted molar refractivity (Wildman–Crippen MR) is 128 cm³/mol. The molecule has 1 N–H and O–H groups in total. The number of nitrogens with zero attached hydrogens (tertiary/aromatic N) is 1. The molecule has 0 saturated heterocycles. The Labute approximate surface area is 196 Å². The molecule has 32 heavy (non-hydrogen) atoms. The van der Waals surface area contributed by atoms with E-state index in [4.69, 9.17) is 27.9 Å². The zero-order chi connectivity index (χ0) is 22.8. The summed E-state index contributed by atoms with van der Waals surface area (Å²) < 4.78 is 5.68. The van der Waals surface area contributed by atoms with Gasteiger partial charge in [0.2, 0.25) is 0 Å². The minimum Gasteiger partial charge on any atom is -0.492 e. The van der Waals surface area contributed by atoms with Crippen LogP contribution in [0.4, 0.5) is 11.4 Å². The molecule has 0 bridgehead atoms. The van der Waals surface area contributed by atoms with Crippen LogP contribution in [0.5, 0.6) is 5.75 Å². The maximum atomic E-state index is 13.6. The predicted octanol–water partition coefficient (Wildman–Crippen LogP) is 6.10. The zero-order valence-corrected chi connectivity index (χ0v) is 19.0. The summed E-state index contributed by atoms with van der Waals surface area (Å²) in [5, 5.41) is 4.21. The van der Waals surface area contributed by atoms with Crippen LogP contribution in [-0.4, -0.2) is 18.4 Å². The Morgan fingerprint density at radius 2 is 1.59 bits per heavy atom. The molecule has 0 aromatic heterocycles. The first-order valence-corrected chi connectivity index (χ1v) is 10.8. The number of anilines is 2. The van der Waals surface area contributed by atoms with Gasteiger partial charge in [-0.25, -0.2) is 4.90 Å². The lowest BCUT2D eigenvalue weighted by atomic mass is 10.0. The monoisotopic (exact) mass is 466 g/mol. The Morgan fingerprint density at radius 3 is 2.28 bits per heavy atom. The van der Waals surface area contributed by atoms with E-state index in [0.29, 0.717) is 44.9 Å². The molecule has 162 valence electrons. The maximum Gasteiger partial charge on any atom is 0.282 e. The van der Waals surface area contributed by atoms with E-state index >= 15 is 0 Å². The Kier molecular flexibility index (Phi) is 6.21. The molecule has 0 spiro atoms. The van der Waals surface area contributed by atoms with Gasteiger partial charge in [0.05, 0.1) is 23.6 Å². The molecule has 1 heterocycles. The average molecular weight is 467 g/mol. The highest BCUT2D eigenvalue weighted by Crippen LogP contribution is 2.37. The van der Waals surface area contributed by atoms with E-state index < -0.39 is 11.8 Å². The minimum absolute atomic E-state index is 0.166. The van der Waals surface area contributed by atoms with Gasteiger partial charge in [0.1, 0.15) is 11.4 Å². The number of benzene rings is 3. The topological polar surface area (TPSA) is 58.6 Å². The molecule has 1 aliphatic rings. The van der Waals surface area contributed by atoms with E-state index in [1.807, 2.05) is 19.1 Å². The molecule has 3 aromatic carbocycles. The standard InChI is InChI=1S/C25H20Cl2N2O3/c1-3-32-21-7-5-4-6-19(21)28-23-22(16-8-10-17(26)11-9-16)24(30)29(25(23)31)20-13-12-18(27)14-15(20)2/h4-14,28H,3H2,1-2H3. The van der Waals surface area contributed by atoms with Gasteiger partial charge < -0.3 is 10.1 Å². The van der Waals surface area contributed by atoms with Crippen molar-refractivity contribution in [3.8, 4) is 5.75 Å². The molecule has 0 fully saturated rings. The van der Waals surface area contributed by atoms with Crippen LogP contribution in [0.25, 0.3) is 5.57 Å². The van der Waals surface area contributed by atoms with Crippen molar-refractivity contribution in [2.75, 3.05) is 16.8 Å². The van der Waals surface area contributed by atoms with E-state index in [1.54, 1.807) is 61.5 Å². The van der Waals surface area contributed by atoms with Gasteiger partial charge in [-0.15, -0.1) is 0 Å². The third kappa shape index (κ3) is 4.09. The molecule has 4 rings (SSSR count). The van der Waals surface area contributed by atoms with Crippen LogP contribution < -0.4 is 15.0 Å². The highest BCUT2D eigenvalue weighted by molar-refractivity contribution is 6.46. The molecule has 0 unspecified atom stereocenters. The summed E-state index contributed by atoms with van der Waals surface area (Å²) in [5.41, 5.74) is 2.78. The van der Waals surface area contributed by atoms with Crippen LogP contribution in [0.1, 0.15) is 18.1 Å². The molecule has 0 atom stereocenters. The van der Waals surface area contributed by atoms with Gasteiger partial charge in [-0.3, -0.25) is 9.59 Å². The third-order valence-electron chi connectivity index (χ3n) is 5.06. The van der Waals surface area contributed by atoms with Crippen LogP contribution in [0.2, 0.25) is 10.0 Å². The fourth-order valence-corrected chi connectivity index (χ4v) is 3.96. The second kappa shape index (κ2) is 9.07. The summed E-state index contributed by atoms with van der Waals surface area (Å²) in [5.74, 6) is -0.310. The van der Waals surface area contributed by atoms with E-state index in [0.717, 1.165) is 0 Å². The van der Waals surface area contributed by atoms with Gasteiger partial charge in [-0.1, -0.05) is 47.5 Å². The molecule has 1 aliphatic heterocycles. The summed E-state index contributed by atoms with van der Waals surface area (Å²) >= 11 is 12.1. The van der Waals surface area contributed by atoms with Crippen molar-refractivity contribution in [1.29, 1.82) is 0 Å². The van der Waals surface area contributed by atoms with Crippen LogP contribution in [0.15, 0.2) is 72.4 Å². The van der Waals surface area contributed by atoms with Gasteiger partial charge >= 0.3 is 0 Å². The van der Waals surface area contributed by atoms with Crippen molar-refractivity contribution in [3.63, 3.8) is 0 Å². The third-order valence-corrected chi connectivity index (χ3v) is 5.55. The molecule has 7 heteroatoms. The number of imide groups is 1. The molecule has 5 nitrogen and oxygen atoms in total. The summed E-state index contributed by atoms with van der Waals surface area (Å²) in [6.07, 6.45) is 0. The Balaban J connectivity index is 1.84. The lowest BCUT2D eigenvalue weighted by molar-refractivity contribution is -0.120. The van der Waals surface area contributed by atoms with E-state index in [-0.39, 0.29) is 11.3 Å². The van der Waals surface area contributed by atoms with Crippen molar-refractivity contribution in [2.45, 2.75) is 13.8 Å². The lowest BCUT2D eigenvalue weighted by Crippen LogP contribution is -2.33. The number of hydrogen-bond donors (Lipinski definition) is 1. The molecule has 0 radical (unpaired) electrons. The van der Waals surface area contributed by atoms with Crippen LogP contribution in [-0.2, 0) is 9.59 Å². The lowest BCUT2D eigenvalue weighted by Gasteiger charge is -2.18. The first-order valence-electron chi connectivity index (χ1n) is 10.0. The average Bonchev–Trinajstić information content (AvgIpc) is 3.00. The first kappa shape index (κ1) is 21.9. The minimum atomic E-state index is -0.461. The summed E-state index contributed by atoms with van der Waals surface area (Å²) in [6, 6.07) is 19.1. The van der Waals surface area contributed by atoms with Crippen molar-refractivity contribution >= 4 is 52.0 Å². The summed E-state index contributed by atoms with van der Waals surface area (Å²) in [6.45, 7) is 4.15. The fraction of sp³-hybridized carbons (Fsp3) is 0.120. The molecule has 0 saturated carbocycles. The van der Waals surface area contributed by atoms with E-state index in [2.05, 4.69) is 5.32 Å². The smallest absolute Gasteiger partial charge is 0.282 e. The summed E-state index contributed by atoms with van der Waals surface area (Å²) in [4.78, 5) is 28.3. The van der Waals surface area contributed by atoms with Gasteiger partial charge in [-0.05, 0) is 67.4 Å². The van der Waals surface area contributed by atoms with Crippen molar-refractivity contribution in [1.82, 2.24) is 0 Å². The number of halogens is 2. The summed E-state index contributed by atoms with van der Waals surface area (Å²) in [7, 11) is 0. The quantitative estimate of drug-likeness (QED) is 0.446. The number of para-hydroxylation sites is 2. The number of rotatable bonds is 6. The number of amides is 2. The van der Waals surface area contributed by atoms with Crippen molar-refractivity contribution in [2.24, 2.45) is 0 Å². The largest absolute Gasteiger partial charge is 0.492 e. The van der Waals surface area contributed by atoms with Crippen LogP contribution in [0.3, 0.4) is 0 Å². The van der Waals surface area contributed by atoms with Crippen LogP contribution >= 0.6 is 23.2 Å². The SMILES string of the molecule is CCOc1ccccc1NC1=C(c2ccc(Cl)cc2)C(=O)N(c2ccc(Cl)cc2C)C1=O. The Bertz CT molecular complexity index is 1240. The highest BCUT2D eigenvalue weighted by atomic mass is 35.5. The van der Waals surface area contributed by atoms with Crippen molar-refractivity contribution < 1.29 is 14.3 Å². The zero-order valence-electron chi connectivity index (χ0n) is 17.5. The van der Waals surface area contributed by atoms with Gasteiger partial charge in [0.15, 0.2) is 0 Å². The Hall–Kier alpha value is -3.28. The van der Waals surface area contributed by atoms with E-state index in [9.17, 15) is 9.59 Å². The number of aryl methyl sites for hydroxylation is 1. The molecular formula is C25H20Cl2N2O3. The van der Waals surface area contributed by atoms with Crippen LogP contribution in [0, 0.1) is 6.92 Å². The number of hydrogen-bond acceptors (Lipinski definition) is 4. The molecular weight excluding hydrogens is 447 g/mol. The second-order valence-electron chi connectivity index (χ2n) is 7.19. The molecule has 0 aliphatic carbocycles. The fourth-order valence-electron chi connectivity index (χ4n) is 3.60. The van der Waals surface area contributed by atoms with Gasteiger partial charge in [0.25, 0.3) is 11.8 Å². The van der Waals surface area contributed by atoms with Gasteiger partial charge in [0, 0.05) is 10.0 Å². The number of nitrogens with one attached hydrogen (secondary N) is 1. The number of ether oxygens (including phenoxy) is 1. The maximum absolute atomic E-state index is 13.6. The number of carbonyl (C=O) groups excluding carboxylic acids is 2. The molecule has 3 aromatic rings. The first-order chi connectivity index (χ1) is 15.4. The van der Waals surface area contributed by atoms with Crippen molar-refractivity contribution in [3.05, 3.63) is 93.6 Å². The Morgan fingerprint density at radius 1 is 0.906 bits per heavy atom. The number of carbonyl (C=O) groups is 2. The normalized spacial score (nSPS) is 13.7. The highest BCUT2D eigenvalue weighted by Gasteiger charge is 2.41. The second-order valence-corrected chi connectivity index (χ2v) is 8.06. The van der Waals surface area contributed by atoms with E-state index in [1.165, 1.54) is 4.90 Å². The van der Waals surface area contributed by atoms with Gasteiger partial charge in [-0.2, -0.15) is 0 Å².